The van der Waals surface area contributed by atoms with E-state index in [1.807, 2.05) is 26.1 Å². The van der Waals surface area contributed by atoms with Crippen LogP contribution in [0.5, 0.6) is 0 Å². The summed E-state index contributed by atoms with van der Waals surface area (Å²) >= 11 is 0. The van der Waals surface area contributed by atoms with E-state index in [1.54, 1.807) is 0 Å². The van der Waals surface area contributed by atoms with E-state index in [-0.39, 0.29) is 0 Å². The van der Waals surface area contributed by atoms with Crippen LogP contribution < -0.4 is 5.32 Å². The van der Waals surface area contributed by atoms with Gasteiger partial charge in [0.25, 0.3) is 0 Å². The van der Waals surface area contributed by atoms with E-state index in [2.05, 4.69) is 23.7 Å². The van der Waals surface area contributed by atoms with E-state index in [9.17, 15) is 0 Å². The Labute approximate surface area is 69.6 Å². The van der Waals surface area contributed by atoms with Gasteiger partial charge in [0.05, 0.1) is 6.67 Å². The number of rotatable bonds is 5. The third-order valence-corrected chi connectivity index (χ3v) is 1.35. The van der Waals surface area contributed by atoms with Crippen LogP contribution in [0.25, 0.3) is 0 Å². The molecule has 0 unspecified atom stereocenters. The minimum atomic E-state index is 0.843. The highest BCUT2D eigenvalue weighted by Crippen LogP contribution is 1.98. The summed E-state index contributed by atoms with van der Waals surface area (Å²) in [7, 11) is 0. The van der Waals surface area contributed by atoms with Crippen LogP contribution in [0.2, 0.25) is 0 Å². The van der Waals surface area contributed by atoms with Crippen LogP contribution in [0.15, 0.2) is 24.6 Å². The van der Waals surface area contributed by atoms with Gasteiger partial charge in [-0.2, -0.15) is 0 Å². The lowest BCUT2D eigenvalue weighted by molar-refractivity contribution is 0.423. The molecule has 0 aromatic heterocycles. The fourth-order valence-corrected chi connectivity index (χ4v) is 0.727. The van der Waals surface area contributed by atoms with Gasteiger partial charge in [-0.1, -0.05) is 19.6 Å². The minimum Gasteiger partial charge on any atom is -0.340 e. The molecule has 0 aromatic carbocycles. The SMILES string of the molecule is C=C(C)N(/C=C\C)CNCC. The highest BCUT2D eigenvalue weighted by atomic mass is 15.2. The lowest BCUT2D eigenvalue weighted by Gasteiger charge is -2.19. The maximum atomic E-state index is 3.86. The van der Waals surface area contributed by atoms with Gasteiger partial charge in [0.2, 0.25) is 0 Å². The third kappa shape index (κ3) is 4.62. The fourth-order valence-electron chi connectivity index (χ4n) is 0.727. The smallest absolute Gasteiger partial charge is 0.0722 e. The van der Waals surface area contributed by atoms with Crippen molar-refractivity contribution in [3.8, 4) is 0 Å². The van der Waals surface area contributed by atoms with Crippen molar-refractivity contribution in [1.29, 1.82) is 0 Å². The molecule has 64 valence electrons. The Bertz CT molecular complexity index is 138. The molecule has 0 saturated carbocycles. The number of hydrogen-bond acceptors (Lipinski definition) is 2. The Morgan fingerprint density at radius 3 is 2.64 bits per heavy atom. The highest BCUT2D eigenvalue weighted by molar-refractivity contribution is 4.95. The average Bonchev–Trinajstić information content (AvgIpc) is 1.97. The summed E-state index contributed by atoms with van der Waals surface area (Å²) < 4.78 is 0. The zero-order chi connectivity index (χ0) is 8.69. The van der Waals surface area contributed by atoms with Gasteiger partial charge in [0.15, 0.2) is 0 Å². The normalized spacial score (nSPS) is 10.5. The van der Waals surface area contributed by atoms with Crippen molar-refractivity contribution in [3.63, 3.8) is 0 Å². The van der Waals surface area contributed by atoms with Gasteiger partial charge in [-0.3, -0.25) is 5.32 Å². The highest BCUT2D eigenvalue weighted by Gasteiger charge is 1.95. The van der Waals surface area contributed by atoms with E-state index >= 15 is 0 Å². The molecule has 2 heteroatoms. The molecule has 0 heterocycles. The molecule has 1 N–H and O–H groups in total. The number of hydrogen-bond donors (Lipinski definition) is 1. The monoisotopic (exact) mass is 154 g/mol. The van der Waals surface area contributed by atoms with Gasteiger partial charge < -0.3 is 4.90 Å². The quantitative estimate of drug-likeness (QED) is 0.609. The predicted molar refractivity (Wildman–Crippen MR) is 50.0 cm³/mol. The van der Waals surface area contributed by atoms with Crippen LogP contribution >= 0.6 is 0 Å². The molecule has 0 aliphatic rings. The first-order valence-electron chi connectivity index (χ1n) is 3.98. The van der Waals surface area contributed by atoms with Crippen molar-refractivity contribution < 1.29 is 0 Å². The summed E-state index contributed by atoms with van der Waals surface area (Å²) in [6.45, 7) is 11.8. The van der Waals surface area contributed by atoms with Crippen LogP contribution in [0.1, 0.15) is 20.8 Å². The Kier molecular flexibility index (Phi) is 5.57. The zero-order valence-electron chi connectivity index (χ0n) is 7.72. The minimum absolute atomic E-state index is 0.843. The first-order chi connectivity index (χ1) is 5.22. The van der Waals surface area contributed by atoms with Gasteiger partial charge >= 0.3 is 0 Å². The largest absolute Gasteiger partial charge is 0.340 e. The second kappa shape index (κ2) is 5.98. The van der Waals surface area contributed by atoms with Crippen molar-refractivity contribution in [2.75, 3.05) is 13.2 Å². The van der Waals surface area contributed by atoms with Crippen molar-refractivity contribution in [3.05, 3.63) is 24.6 Å². The molecule has 0 aliphatic heterocycles. The molecule has 0 radical (unpaired) electrons. The topological polar surface area (TPSA) is 15.3 Å². The van der Waals surface area contributed by atoms with Crippen LogP contribution in [0.4, 0.5) is 0 Å². The van der Waals surface area contributed by atoms with Crippen molar-refractivity contribution >= 4 is 0 Å². The number of nitrogens with one attached hydrogen (secondary N) is 1. The zero-order valence-corrected chi connectivity index (χ0v) is 7.72. The predicted octanol–water partition coefficient (Wildman–Crippen LogP) is 1.92. The van der Waals surface area contributed by atoms with Gasteiger partial charge in [0, 0.05) is 11.9 Å². The maximum absolute atomic E-state index is 3.86. The van der Waals surface area contributed by atoms with Gasteiger partial charge in [-0.25, -0.2) is 0 Å². The summed E-state index contributed by atoms with van der Waals surface area (Å²) in [5, 5.41) is 3.23. The molecule has 0 bridgehead atoms. The van der Waals surface area contributed by atoms with E-state index < -0.39 is 0 Å². The lowest BCUT2D eigenvalue weighted by Crippen LogP contribution is -2.28. The number of nitrogens with zero attached hydrogens (tertiary/aromatic N) is 1. The van der Waals surface area contributed by atoms with E-state index in [0.717, 1.165) is 18.9 Å². The maximum Gasteiger partial charge on any atom is 0.0722 e. The standard InChI is InChI=1S/C9H18N2/c1-5-7-11(9(3)4)8-10-6-2/h5,7,10H,3,6,8H2,1-2,4H3/b7-5-. The molecule has 0 aromatic rings. The molecular formula is C9H18N2. The lowest BCUT2D eigenvalue weighted by atomic mass is 10.5. The van der Waals surface area contributed by atoms with Crippen molar-refractivity contribution in [2.45, 2.75) is 20.8 Å². The Hall–Kier alpha value is -0.760. The molecule has 0 rings (SSSR count). The Balaban J connectivity index is 3.79. The molecule has 2 nitrogen and oxygen atoms in total. The second-order valence-electron chi connectivity index (χ2n) is 2.45. The summed E-state index contributed by atoms with van der Waals surface area (Å²) in [6, 6.07) is 0. The van der Waals surface area contributed by atoms with Crippen LogP contribution in [0.3, 0.4) is 0 Å². The molecule has 0 atom stereocenters. The number of allylic oxidation sites excluding steroid dienone is 2. The molecule has 0 aliphatic carbocycles. The molecule has 0 fully saturated rings. The first-order valence-corrected chi connectivity index (χ1v) is 3.98. The molecular weight excluding hydrogens is 136 g/mol. The Morgan fingerprint density at radius 2 is 2.27 bits per heavy atom. The average molecular weight is 154 g/mol. The fraction of sp³-hybridized carbons (Fsp3) is 0.556. The molecule has 11 heavy (non-hydrogen) atoms. The second-order valence-corrected chi connectivity index (χ2v) is 2.45. The molecule has 0 spiro atoms. The van der Waals surface area contributed by atoms with Crippen LogP contribution in [0, 0.1) is 0 Å². The van der Waals surface area contributed by atoms with Gasteiger partial charge in [-0.05, 0) is 20.4 Å². The van der Waals surface area contributed by atoms with Gasteiger partial charge in [-0.15, -0.1) is 0 Å². The van der Waals surface area contributed by atoms with E-state index in [0.29, 0.717) is 0 Å². The molecule has 0 saturated heterocycles. The summed E-state index contributed by atoms with van der Waals surface area (Å²) in [5.41, 5.74) is 1.06. The first kappa shape index (κ1) is 10.2. The summed E-state index contributed by atoms with van der Waals surface area (Å²) in [4.78, 5) is 2.07. The van der Waals surface area contributed by atoms with Crippen molar-refractivity contribution in [1.82, 2.24) is 10.2 Å². The van der Waals surface area contributed by atoms with Crippen LogP contribution in [-0.2, 0) is 0 Å². The summed E-state index contributed by atoms with van der Waals surface area (Å²) in [6.07, 6.45) is 4.02. The van der Waals surface area contributed by atoms with Crippen LogP contribution in [-0.4, -0.2) is 18.1 Å². The van der Waals surface area contributed by atoms with E-state index in [4.69, 9.17) is 0 Å². The summed E-state index contributed by atoms with van der Waals surface area (Å²) in [5.74, 6) is 0. The van der Waals surface area contributed by atoms with E-state index in [1.165, 1.54) is 0 Å². The van der Waals surface area contributed by atoms with Gasteiger partial charge in [0.1, 0.15) is 0 Å². The third-order valence-electron chi connectivity index (χ3n) is 1.35. The van der Waals surface area contributed by atoms with Crippen molar-refractivity contribution in [2.24, 2.45) is 0 Å². The molecule has 0 amide bonds. The Morgan fingerprint density at radius 1 is 1.64 bits per heavy atom.